The molecule has 0 saturated carbocycles. The quantitative estimate of drug-likeness (QED) is 0.734. The normalized spacial score (nSPS) is 21.7. The second kappa shape index (κ2) is 4.73. The fourth-order valence-electron chi connectivity index (χ4n) is 2.06. The maximum Gasteiger partial charge on any atom is 0.311 e. The van der Waals surface area contributed by atoms with Crippen LogP contribution in [0.2, 0.25) is 0 Å². The van der Waals surface area contributed by atoms with Gasteiger partial charge in [0.25, 0.3) is 0 Å². The third-order valence-electron chi connectivity index (χ3n) is 3.05. The molecular weight excluding hydrogens is 238 g/mol. The standard InChI is InChI=1S/C12H15NO5/c1-17-9-4-6-3-7(12(15)16)11(14)13-8(6)5-10(9)18-2/h4-5,7,11,13-14H,3H2,1-2H3,(H,15,16). The van der Waals surface area contributed by atoms with Gasteiger partial charge in [-0.3, -0.25) is 4.79 Å². The minimum Gasteiger partial charge on any atom is -0.493 e. The minimum atomic E-state index is -1.10. The smallest absolute Gasteiger partial charge is 0.311 e. The van der Waals surface area contributed by atoms with Crippen molar-refractivity contribution in [3.63, 3.8) is 0 Å². The molecule has 1 aromatic carbocycles. The van der Waals surface area contributed by atoms with Crippen LogP contribution in [0.15, 0.2) is 12.1 Å². The molecule has 1 heterocycles. The maximum absolute atomic E-state index is 11.0. The summed E-state index contributed by atoms with van der Waals surface area (Å²) in [5.41, 5.74) is 1.45. The highest BCUT2D eigenvalue weighted by atomic mass is 16.5. The molecule has 3 N–H and O–H groups in total. The second-order valence-electron chi connectivity index (χ2n) is 4.10. The van der Waals surface area contributed by atoms with E-state index in [9.17, 15) is 9.90 Å². The number of hydrogen-bond acceptors (Lipinski definition) is 5. The summed E-state index contributed by atoms with van der Waals surface area (Å²) in [4.78, 5) is 11.0. The van der Waals surface area contributed by atoms with E-state index < -0.39 is 18.1 Å². The molecule has 2 atom stereocenters. The molecule has 0 spiro atoms. The van der Waals surface area contributed by atoms with Crippen molar-refractivity contribution in [2.45, 2.75) is 12.6 Å². The predicted molar refractivity (Wildman–Crippen MR) is 64.0 cm³/mol. The molecule has 0 aromatic heterocycles. The van der Waals surface area contributed by atoms with Crippen molar-refractivity contribution in [3.8, 4) is 11.5 Å². The Hall–Kier alpha value is -1.95. The number of carbonyl (C=O) groups is 1. The van der Waals surface area contributed by atoms with Crippen LogP contribution in [0.25, 0.3) is 0 Å². The molecule has 0 aliphatic carbocycles. The van der Waals surface area contributed by atoms with Gasteiger partial charge in [-0.15, -0.1) is 0 Å². The molecule has 2 unspecified atom stereocenters. The number of fused-ring (bicyclic) bond motifs is 1. The summed E-state index contributed by atoms with van der Waals surface area (Å²) in [5.74, 6) is -0.825. The Labute approximate surface area is 104 Å². The highest BCUT2D eigenvalue weighted by molar-refractivity contribution is 5.74. The van der Waals surface area contributed by atoms with Gasteiger partial charge in [-0.25, -0.2) is 0 Å². The Morgan fingerprint density at radius 1 is 1.33 bits per heavy atom. The molecule has 0 fully saturated rings. The van der Waals surface area contributed by atoms with Crippen molar-refractivity contribution in [1.29, 1.82) is 0 Å². The van der Waals surface area contributed by atoms with Gasteiger partial charge in [-0.2, -0.15) is 0 Å². The van der Waals surface area contributed by atoms with E-state index in [4.69, 9.17) is 14.6 Å². The molecule has 1 aromatic rings. The number of carboxylic acid groups (broad SMARTS) is 1. The first kappa shape index (κ1) is 12.5. The SMILES string of the molecule is COc1cc2c(cc1OC)NC(O)C(C(=O)O)C2. The van der Waals surface area contributed by atoms with Gasteiger partial charge in [0.05, 0.1) is 14.2 Å². The van der Waals surface area contributed by atoms with Crippen molar-refractivity contribution >= 4 is 11.7 Å². The lowest BCUT2D eigenvalue weighted by molar-refractivity contribution is -0.145. The number of nitrogens with one attached hydrogen (secondary N) is 1. The Kier molecular flexibility index (Phi) is 3.29. The van der Waals surface area contributed by atoms with E-state index in [1.807, 2.05) is 0 Å². The zero-order valence-electron chi connectivity index (χ0n) is 10.1. The zero-order chi connectivity index (χ0) is 13.3. The number of methoxy groups -OCH3 is 2. The molecule has 0 amide bonds. The Bertz CT molecular complexity index is 474. The summed E-state index contributed by atoms with van der Waals surface area (Å²) in [7, 11) is 3.04. The van der Waals surface area contributed by atoms with E-state index in [2.05, 4.69) is 5.32 Å². The molecule has 1 aliphatic heterocycles. The summed E-state index contributed by atoms with van der Waals surface area (Å²) in [6.07, 6.45) is -0.854. The van der Waals surface area contributed by atoms with Crippen LogP contribution in [0.5, 0.6) is 11.5 Å². The lowest BCUT2D eigenvalue weighted by Crippen LogP contribution is -2.39. The number of aliphatic hydroxyl groups excluding tert-OH is 1. The summed E-state index contributed by atoms with van der Waals surface area (Å²) < 4.78 is 10.3. The first-order chi connectivity index (χ1) is 8.56. The molecule has 0 radical (unpaired) electrons. The zero-order valence-corrected chi connectivity index (χ0v) is 10.1. The van der Waals surface area contributed by atoms with E-state index in [0.29, 0.717) is 17.2 Å². The molecule has 6 heteroatoms. The fourth-order valence-corrected chi connectivity index (χ4v) is 2.06. The van der Waals surface area contributed by atoms with Crippen LogP contribution < -0.4 is 14.8 Å². The van der Waals surface area contributed by atoms with Crippen molar-refractivity contribution < 1.29 is 24.5 Å². The summed E-state index contributed by atoms with van der Waals surface area (Å²) >= 11 is 0. The Morgan fingerprint density at radius 3 is 2.50 bits per heavy atom. The van der Waals surface area contributed by atoms with Gasteiger partial charge >= 0.3 is 5.97 Å². The molecule has 6 nitrogen and oxygen atoms in total. The number of ether oxygens (including phenoxy) is 2. The van der Waals surface area contributed by atoms with Crippen LogP contribution in [0.3, 0.4) is 0 Å². The topological polar surface area (TPSA) is 88.0 Å². The second-order valence-corrected chi connectivity index (χ2v) is 4.10. The number of rotatable bonds is 3. The Balaban J connectivity index is 2.40. The molecule has 0 bridgehead atoms. The third kappa shape index (κ3) is 2.06. The number of hydrogen-bond donors (Lipinski definition) is 3. The third-order valence-corrected chi connectivity index (χ3v) is 3.05. The van der Waals surface area contributed by atoms with Crippen molar-refractivity contribution in [2.24, 2.45) is 5.92 Å². The maximum atomic E-state index is 11.0. The van der Waals surface area contributed by atoms with Gasteiger partial charge in [0.15, 0.2) is 11.5 Å². The molecule has 0 saturated heterocycles. The van der Waals surface area contributed by atoms with E-state index in [0.717, 1.165) is 5.56 Å². The van der Waals surface area contributed by atoms with Gasteiger partial charge in [-0.05, 0) is 18.1 Å². The number of aliphatic hydroxyl groups is 1. The van der Waals surface area contributed by atoms with Crippen LogP contribution in [-0.2, 0) is 11.2 Å². The van der Waals surface area contributed by atoms with Crippen LogP contribution in [-0.4, -0.2) is 36.6 Å². The Morgan fingerprint density at radius 2 is 1.94 bits per heavy atom. The average molecular weight is 253 g/mol. The van der Waals surface area contributed by atoms with Crippen LogP contribution in [0.4, 0.5) is 5.69 Å². The van der Waals surface area contributed by atoms with Crippen LogP contribution >= 0.6 is 0 Å². The summed E-state index contributed by atoms with van der Waals surface area (Å²) in [6, 6.07) is 3.42. The number of carboxylic acids is 1. The molecular formula is C12H15NO5. The van der Waals surface area contributed by atoms with Gasteiger partial charge < -0.3 is 25.0 Å². The monoisotopic (exact) mass is 253 g/mol. The van der Waals surface area contributed by atoms with E-state index in [1.165, 1.54) is 14.2 Å². The summed E-state index contributed by atoms with van der Waals surface area (Å²) in [5, 5.41) is 21.5. The highest BCUT2D eigenvalue weighted by Gasteiger charge is 2.32. The van der Waals surface area contributed by atoms with Crippen molar-refractivity contribution in [1.82, 2.24) is 0 Å². The number of benzene rings is 1. The number of anilines is 1. The minimum absolute atomic E-state index is 0.249. The van der Waals surface area contributed by atoms with E-state index in [-0.39, 0.29) is 6.42 Å². The summed E-state index contributed by atoms with van der Waals surface area (Å²) in [6.45, 7) is 0. The highest BCUT2D eigenvalue weighted by Crippen LogP contribution is 2.37. The number of aliphatic carboxylic acids is 1. The molecule has 98 valence electrons. The molecule has 1 aliphatic rings. The van der Waals surface area contributed by atoms with E-state index >= 15 is 0 Å². The molecule has 2 rings (SSSR count). The van der Waals surface area contributed by atoms with Gasteiger partial charge in [-0.1, -0.05) is 0 Å². The first-order valence-electron chi connectivity index (χ1n) is 5.49. The van der Waals surface area contributed by atoms with Gasteiger partial charge in [0.2, 0.25) is 0 Å². The van der Waals surface area contributed by atoms with E-state index in [1.54, 1.807) is 12.1 Å². The van der Waals surface area contributed by atoms with Crippen LogP contribution in [0, 0.1) is 5.92 Å². The van der Waals surface area contributed by atoms with Gasteiger partial charge in [0.1, 0.15) is 12.1 Å². The lowest BCUT2D eigenvalue weighted by Gasteiger charge is -2.29. The van der Waals surface area contributed by atoms with Gasteiger partial charge in [0, 0.05) is 11.8 Å². The van der Waals surface area contributed by atoms with Crippen molar-refractivity contribution in [2.75, 3.05) is 19.5 Å². The fraction of sp³-hybridized carbons (Fsp3) is 0.417. The largest absolute Gasteiger partial charge is 0.493 e. The average Bonchev–Trinajstić information content (AvgIpc) is 2.36. The first-order valence-corrected chi connectivity index (χ1v) is 5.49. The lowest BCUT2D eigenvalue weighted by atomic mass is 9.92. The molecule has 18 heavy (non-hydrogen) atoms. The van der Waals surface area contributed by atoms with Crippen molar-refractivity contribution in [3.05, 3.63) is 17.7 Å². The predicted octanol–water partition coefficient (Wildman–Crippen LogP) is 0.691. The van der Waals surface area contributed by atoms with Crippen LogP contribution in [0.1, 0.15) is 5.56 Å².